The second-order valence-electron chi connectivity index (χ2n) is 4.67. The van der Waals surface area contributed by atoms with Crippen molar-refractivity contribution >= 4 is 5.91 Å². The largest absolute Gasteiger partial charge is 0.394 e. The second kappa shape index (κ2) is 8.42. The van der Waals surface area contributed by atoms with Crippen LogP contribution in [-0.4, -0.2) is 74.0 Å². The third-order valence-electron chi connectivity index (χ3n) is 2.96. The molecule has 1 heterocycles. The number of ether oxygens (including phenoxy) is 1. The summed E-state index contributed by atoms with van der Waals surface area (Å²) in [7, 11) is 0. The Kier molecular flexibility index (Phi) is 7.19. The predicted molar refractivity (Wildman–Crippen MR) is 69.4 cm³/mol. The zero-order chi connectivity index (χ0) is 13.4. The number of hydrogen-bond donors (Lipinski definition) is 3. The molecule has 0 aliphatic carbocycles. The van der Waals surface area contributed by atoms with E-state index in [1.165, 1.54) is 0 Å². The summed E-state index contributed by atoms with van der Waals surface area (Å²) < 4.78 is 5.22. The molecule has 1 atom stereocenters. The first-order valence-electron chi connectivity index (χ1n) is 6.60. The number of rotatable bonds is 7. The molecule has 1 amide bonds. The number of carbonyl (C=O) groups excluding carboxylic acids is 1. The third kappa shape index (κ3) is 4.89. The minimum absolute atomic E-state index is 0.0176. The van der Waals surface area contributed by atoms with E-state index < -0.39 is 0 Å². The summed E-state index contributed by atoms with van der Waals surface area (Å²) in [4.78, 5) is 14.1. The summed E-state index contributed by atoms with van der Waals surface area (Å²) in [5.74, 6) is 0.116. The molecule has 0 saturated carbocycles. The molecule has 6 heteroatoms. The molecule has 1 aliphatic rings. The van der Waals surface area contributed by atoms with Crippen LogP contribution in [0.5, 0.6) is 0 Å². The Labute approximate surface area is 109 Å². The maximum absolute atomic E-state index is 12.3. The van der Waals surface area contributed by atoms with Gasteiger partial charge in [0.15, 0.2) is 0 Å². The van der Waals surface area contributed by atoms with Crippen LogP contribution in [0.1, 0.15) is 13.8 Å². The van der Waals surface area contributed by atoms with Crippen LogP contribution in [-0.2, 0) is 9.53 Å². The fraction of sp³-hybridized carbons (Fsp3) is 0.917. The number of nitrogens with one attached hydrogen (secondary N) is 2. The topological polar surface area (TPSA) is 73.8 Å². The van der Waals surface area contributed by atoms with Crippen molar-refractivity contribution in [3.63, 3.8) is 0 Å². The number of carbonyl (C=O) groups is 1. The molecule has 0 aromatic rings. The van der Waals surface area contributed by atoms with E-state index >= 15 is 0 Å². The lowest BCUT2D eigenvalue weighted by Crippen LogP contribution is -2.58. The van der Waals surface area contributed by atoms with Crippen molar-refractivity contribution in [1.29, 1.82) is 0 Å². The van der Waals surface area contributed by atoms with E-state index in [4.69, 9.17) is 9.84 Å². The monoisotopic (exact) mass is 259 g/mol. The lowest BCUT2D eigenvalue weighted by atomic mass is 10.2. The Hall–Kier alpha value is -0.690. The van der Waals surface area contributed by atoms with Crippen molar-refractivity contribution in [1.82, 2.24) is 15.5 Å². The Morgan fingerprint density at radius 1 is 1.44 bits per heavy atom. The van der Waals surface area contributed by atoms with E-state index in [0.29, 0.717) is 26.3 Å². The normalized spacial score (nSPS) is 20.1. The van der Waals surface area contributed by atoms with Gasteiger partial charge in [-0.1, -0.05) is 0 Å². The molecule has 18 heavy (non-hydrogen) atoms. The highest BCUT2D eigenvalue weighted by atomic mass is 16.5. The van der Waals surface area contributed by atoms with Crippen molar-refractivity contribution in [2.24, 2.45) is 0 Å². The lowest BCUT2D eigenvalue weighted by molar-refractivity contribution is -0.136. The number of aliphatic hydroxyl groups excluding tert-OH is 1. The van der Waals surface area contributed by atoms with Gasteiger partial charge in [0.2, 0.25) is 5.91 Å². The summed E-state index contributed by atoms with van der Waals surface area (Å²) in [5.41, 5.74) is 0. The SMILES string of the molecule is CC(C)N(CCOCCO)C(=O)C1CNCCN1. The van der Waals surface area contributed by atoms with Gasteiger partial charge in [0.25, 0.3) is 0 Å². The summed E-state index contributed by atoms with van der Waals surface area (Å²) in [6, 6.07) is 0.0120. The van der Waals surface area contributed by atoms with E-state index in [0.717, 1.165) is 13.1 Å². The van der Waals surface area contributed by atoms with Gasteiger partial charge in [-0.25, -0.2) is 0 Å². The molecule has 1 unspecified atom stereocenters. The van der Waals surface area contributed by atoms with E-state index in [9.17, 15) is 4.79 Å². The molecule has 106 valence electrons. The fourth-order valence-electron chi connectivity index (χ4n) is 1.98. The van der Waals surface area contributed by atoms with Crippen molar-refractivity contribution in [3.8, 4) is 0 Å². The lowest BCUT2D eigenvalue weighted by Gasteiger charge is -2.33. The molecule has 1 aliphatic heterocycles. The highest BCUT2D eigenvalue weighted by molar-refractivity contribution is 5.82. The number of piperazine rings is 1. The molecule has 0 radical (unpaired) electrons. The minimum atomic E-state index is -0.140. The third-order valence-corrected chi connectivity index (χ3v) is 2.96. The maximum Gasteiger partial charge on any atom is 0.241 e. The number of aliphatic hydroxyl groups is 1. The highest BCUT2D eigenvalue weighted by Crippen LogP contribution is 2.03. The van der Waals surface area contributed by atoms with E-state index in [1.54, 1.807) is 0 Å². The van der Waals surface area contributed by atoms with Gasteiger partial charge in [0.1, 0.15) is 0 Å². The minimum Gasteiger partial charge on any atom is -0.394 e. The van der Waals surface area contributed by atoms with Crippen LogP contribution in [0.4, 0.5) is 0 Å². The van der Waals surface area contributed by atoms with E-state index in [1.807, 2.05) is 18.7 Å². The molecule has 0 spiro atoms. The predicted octanol–water partition coefficient (Wildman–Crippen LogP) is -1.21. The molecule has 1 saturated heterocycles. The average molecular weight is 259 g/mol. The Bertz CT molecular complexity index is 243. The first-order chi connectivity index (χ1) is 8.66. The highest BCUT2D eigenvalue weighted by Gasteiger charge is 2.26. The van der Waals surface area contributed by atoms with Crippen LogP contribution in [0.3, 0.4) is 0 Å². The zero-order valence-corrected chi connectivity index (χ0v) is 11.3. The Balaban J connectivity index is 2.41. The quantitative estimate of drug-likeness (QED) is 0.501. The van der Waals surface area contributed by atoms with Gasteiger partial charge in [-0.15, -0.1) is 0 Å². The van der Waals surface area contributed by atoms with Crippen LogP contribution >= 0.6 is 0 Å². The van der Waals surface area contributed by atoms with E-state index in [-0.39, 0.29) is 24.6 Å². The van der Waals surface area contributed by atoms with Crippen molar-refractivity contribution in [2.75, 3.05) is 46.0 Å². The Morgan fingerprint density at radius 3 is 2.78 bits per heavy atom. The average Bonchev–Trinajstić information content (AvgIpc) is 2.39. The van der Waals surface area contributed by atoms with Crippen LogP contribution in [0.25, 0.3) is 0 Å². The van der Waals surface area contributed by atoms with Crippen LogP contribution < -0.4 is 10.6 Å². The smallest absolute Gasteiger partial charge is 0.241 e. The molecule has 0 bridgehead atoms. The molecule has 1 fully saturated rings. The van der Waals surface area contributed by atoms with Crippen molar-refractivity contribution < 1.29 is 14.6 Å². The standard InChI is InChI=1S/C12H25N3O3/c1-10(2)15(5-7-18-8-6-16)12(17)11-9-13-3-4-14-11/h10-11,13-14,16H,3-9H2,1-2H3. The van der Waals surface area contributed by atoms with Gasteiger partial charge in [-0.2, -0.15) is 0 Å². The summed E-state index contributed by atoms with van der Waals surface area (Å²) in [6.07, 6.45) is 0. The molecular weight excluding hydrogens is 234 g/mol. The van der Waals surface area contributed by atoms with Crippen LogP contribution in [0, 0.1) is 0 Å². The summed E-state index contributed by atoms with van der Waals surface area (Å²) in [6.45, 7) is 7.78. The summed E-state index contributed by atoms with van der Waals surface area (Å²) >= 11 is 0. The molecule has 3 N–H and O–H groups in total. The number of amides is 1. The first kappa shape index (κ1) is 15.4. The van der Waals surface area contributed by atoms with Gasteiger partial charge >= 0.3 is 0 Å². The number of nitrogens with zero attached hydrogens (tertiary/aromatic N) is 1. The van der Waals surface area contributed by atoms with Crippen molar-refractivity contribution in [2.45, 2.75) is 25.9 Å². The van der Waals surface area contributed by atoms with Crippen LogP contribution in [0.15, 0.2) is 0 Å². The van der Waals surface area contributed by atoms with Gasteiger partial charge in [0, 0.05) is 32.2 Å². The molecular formula is C12H25N3O3. The van der Waals surface area contributed by atoms with Crippen molar-refractivity contribution in [3.05, 3.63) is 0 Å². The number of hydrogen-bond acceptors (Lipinski definition) is 5. The molecule has 0 aromatic carbocycles. The molecule has 1 rings (SSSR count). The second-order valence-corrected chi connectivity index (χ2v) is 4.67. The molecule has 6 nitrogen and oxygen atoms in total. The first-order valence-corrected chi connectivity index (χ1v) is 6.60. The zero-order valence-electron chi connectivity index (χ0n) is 11.3. The van der Waals surface area contributed by atoms with Gasteiger partial charge in [0.05, 0.1) is 25.9 Å². The Morgan fingerprint density at radius 2 is 2.22 bits per heavy atom. The van der Waals surface area contributed by atoms with Gasteiger partial charge in [-0.3, -0.25) is 4.79 Å². The molecule has 0 aromatic heterocycles. The van der Waals surface area contributed by atoms with E-state index in [2.05, 4.69) is 10.6 Å². The van der Waals surface area contributed by atoms with Gasteiger partial charge < -0.3 is 25.4 Å². The maximum atomic E-state index is 12.3. The fourth-order valence-corrected chi connectivity index (χ4v) is 1.98. The van der Waals surface area contributed by atoms with Gasteiger partial charge in [-0.05, 0) is 13.8 Å². The summed E-state index contributed by atoms with van der Waals surface area (Å²) in [5, 5.41) is 15.1. The van der Waals surface area contributed by atoms with Crippen LogP contribution in [0.2, 0.25) is 0 Å².